The van der Waals surface area contributed by atoms with Crippen LogP contribution in [0.15, 0.2) is 54.9 Å². The standard InChI is InChI=1S/C18H17N3O2/c1-13(22)21-12-16(15-7-2-3-8-17(15)21)18(23)20-11-9-14-6-4-5-10-19-14/h2-8,10,12H,9,11H2,1H3,(H,20,23). The molecule has 0 radical (unpaired) electrons. The molecule has 116 valence electrons. The molecule has 1 aromatic carbocycles. The summed E-state index contributed by atoms with van der Waals surface area (Å²) in [6.45, 7) is 1.98. The largest absolute Gasteiger partial charge is 0.352 e. The van der Waals surface area contributed by atoms with E-state index >= 15 is 0 Å². The lowest BCUT2D eigenvalue weighted by atomic mass is 10.1. The summed E-state index contributed by atoms with van der Waals surface area (Å²) in [5, 5.41) is 3.66. The van der Waals surface area contributed by atoms with Gasteiger partial charge in [-0.1, -0.05) is 24.3 Å². The van der Waals surface area contributed by atoms with Gasteiger partial charge in [0.25, 0.3) is 5.91 Å². The monoisotopic (exact) mass is 307 g/mol. The summed E-state index contributed by atoms with van der Waals surface area (Å²) in [7, 11) is 0. The molecule has 2 aromatic heterocycles. The van der Waals surface area contributed by atoms with Crippen LogP contribution in [-0.4, -0.2) is 27.9 Å². The van der Waals surface area contributed by atoms with Gasteiger partial charge in [0.2, 0.25) is 5.91 Å². The summed E-state index contributed by atoms with van der Waals surface area (Å²) in [5.74, 6) is -0.300. The second kappa shape index (κ2) is 6.44. The van der Waals surface area contributed by atoms with Crippen molar-refractivity contribution in [1.82, 2.24) is 14.9 Å². The van der Waals surface area contributed by atoms with Crippen molar-refractivity contribution in [3.8, 4) is 0 Å². The van der Waals surface area contributed by atoms with Gasteiger partial charge in [-0.3, -0.25) is 19.1 Å². The topological polar surface area (TPSA) is 64.0 Å². The fraction of sp³-hybridized carbons (Fsp3) is 0.167. The van der Waals surface area contributed by atoms with Crippen molar-refractivity contribution >= 4 is 22.7 Å². The first-order valence-corrected chi connectivity index (χ1v) is 7.46. The van der Waals surface area contributed by atoms with Crippen molar-refractivity contribution in [2.75, 3.05) is 6.54 Å². The summed E-state index contributed by atoms with van der Waals surface area (Å²) in [5.41, 5.74) is 2.19. The van der Waals surface area contributed by atoms with Gasteiger partial charge in [-0.2, -0.15) is 0 Å². The average Bonchev–Trinajstić information content (AvgIpc) is 2.96. The molecule has 0 bridgehead atoms. The highest BCUT2D eigenvalue weighted by Gasteiger charge is 2.16. The number of carbonyl (C=O) groups is 2. The summed E-state index contributed by atoms with van der Waals surface area (Å²) in [6.07, 6.45) is 4.00. The quantitative estimate of drug-likeness (QED) is 0.806. The second-order valence-electron chi connectivity index (χ2n) is 5.28. The number of para-hydroxylation sites is 1. The Morgan fingerprint density at radius 1 is 1.13 bits per heavy atom. The third-order valence-electron chi connectivity index (χ3n) is 3.69. The van der Waals surface area contributed by atoms with Crippen molar-refractivity contribution in [3.05, 3.63) is 66.1 Å². The Labute approximate surface area is 134 Å². The van der Waals surface area contributed by atoms with Gasteiger partial charge < -0.3 is 5.32 Å². The molecule has 5 heteroatoms. The van der Waals surface area contributed by atoms with Crippen molar-refractivity contribution < 1.29 is 9.59 Å². The van der Waals surface area contributed by atoms with Crippen LogP contribution in [0.2, 0.25) is 0 Å². The zero-order valence-electron chi connectivity index (χ0n) is 12.8. The average molecular weight is 307 g/mol. The molecule has 0 unspecified atom stereocenters. The van der Waals surface area contributed by atoms with Gasteiger partial charge in [0.05, 0.1) is 11.1 Å². The van der Waals surface area contributed by atoms with E-state index in [0.717, 1.165) is 16.6 Å². The number of rotatable bonds is 4. The Morgan fingerprint density at radius 3 is 2.65 bits per heavy atom. The molecule has 2 heterocycles. The third kappa shape index (κ3) is 3.13. The van der Waals surface area contributed by atoms with Crippen molar-refractivity contribution in [3.63, 3.8) is 0 Å². The molecule has 0 atom stereocenters. The Kier molecular flexibility index (Phi) is 4.19. The molecular formula is C18H17N3O2. The van der Waals surface area contributed by atoms with E-state index in [0.29, 0.717) is 18.5 Å². The van der Waals surface area contributed by atoms with E-state index in [-0.39, 0.29) is 11.8 Å². The smallest absolute Gasteiger partial charge is 0.253 e. The van der Waals surface area contributed by atoms with E-state index in [1.165, 1.54) is 11.5 Å². The maximum absolute atomic E-state index is 12.4. The number of fused-ring (bicyclic) bond motifs is 1. The molecule has 5 nitrogen and oxygen atoms in total. The van der Waals surface area contributed by atoms with Gasteiger partial charge >= 0.3 is 0 Å². The molecule has 0 aliphatic rings. The molecule has 3 aromatic rings. The van der Waals surface area contributed by atoms with Crippen molar-refractivity contribution in [2.24, 2.45) is 0 Å². The highest BCUT2D eigenvalue weighted by molar-refractivity contribution is 6.09. The van der Waals surface area contributed by atoms with Crippen LogP contribution >= 0.6 is 0 Å². The molecular weight excluding hydrogens is 290 g/mol. The van der Waals surface area contributed by atoms with E-state index in [1.54, 1.807) is 12.4 Å². The Balaban J connectivity index is 1.77. The summed E-state index contributed by atoms with van der Waals surface area (Å²) >= 11 is 0. The van der Waals surface area contributed by atoms with Gasteiger partial charge in [-0.15, -0.1) is 0 Å². The van der Waals surface area contributed by atoms with Crippen LogP contribution in [0, 0.1) is 0 Å². The molecule has 0 aliphatic carbocycles. The number of hydrogen-bond donors (Lipinski definition) is 1. The van der Waals surface area contributed by atoms with Gasteiger partial charge in [0.15, 0.2) is 0 Å². The molecule has 0 aliphatic heterocycles. The van der Waals surface area contributed by atoms with E-state index in [9.17, 15) is 9.59 Å². The van der Waals surface area contributed by atoms with E-state index in [2.05, 4.69) is 10.3 Å². The normalized spacial score (nSPS) is 10.7. The molecule has 23 heavy (non-hydrogen) atoms. The number of pyridine rings is 1. The van der Waals surface area contributed by atoms with Crippen LogP contribution < -0.4 is 5.32 Å². The fourth-order valence-electron chi connectivity index (χ4n) is 2.57. The number of nitrogens with zero attached hydrogens (tertiary/aromatic N) is 2. The Morgan fingerprint density at radius 2 is 1.91 bits per heavy atom. The molecule has 0 fully saturated rings. The lowest BCUT2D eigenvalue weighted by Crippen LogP contribution is -2.25. The van der Waals surface area contributed by atoms with E-state index in [1.807, 2.05) is 42.5 Å². The minimum atomic E-state index is -0.183. The van der Waals surface area contributed by atoms with E-state index < -0.39 is 0 Å². The van der Waals surface area contributed by atoms with Crippen molar-refractivity contribution in [1.29, 1.82) is 0 Å². The van der Waals surface area contributed by atoms with Gasteiger partial charge in [0.1, 0.15) is 0 Å². The molecule has 0 saturated heterocycles. The molecule has 3 rings (SSSR count). The van der Waals surface area contributed by atoms with Gasteiger partial charge in [-0.05, 0) is 18.2 Å². The molecule has 1 amide bonds. The highest BCUT2D eigenvalue weighted by atomic mass is 16.2. The van der Waals surface area contributed by atoms with Crippen LogP contribution in [0.4, 0.5) is 0 Å². The predicted octanol–water partition coefficient (Wildman–Crippen LogP) is 2.67. The maximum Gasteiger partial charge on any atom is 0.253 e. The predicted molar refractivity (Wildman–Crippen MR) is 88.5 cm³/mol. The fourth-order valence-corrected chi connectivity index (χ4v) is 2.57. The van der Waals surface area contributed by atoms with E-state index in [4.69, 9.17) is 0 Å². The first kappa shape index (κ1) is 15.0. The van der Waals surface area contributed by atoms with Gasteiger partial charge in [-0.25, -0.2) is 0 Å². The lowest BCUT2D eigenvalue weighted by Gasteiger charge is -2.04. The number of nitrogens with one attached hydrogen (secondary N) is 1. The first-order chi connectivity index (χ1) is 11.2. The maximum atomic E-state index is 12.4. The number of amides is 1. The van der Waals surface area contributed by atoms with Crippen LogP contribution in [0.1, 0.15) is 27.8 Å². The SMILES string of the molecule is CC(=O)n1cc(C(=O)NCCc2ccccn2)c2ccccc21. The Hall–Kier alpha value is -2.95. The van der Waals surface area contributed by atoms with Crippen LogP contribution in [0.5, 0.6) is 0 Å². The third-order valence-corrected chi connectivity index (χ3v) is 3.69. The number of aromatic nitrogens is 2. The summed E-state index contributed by atoms with van der Waals surface area (Å²) in [4.78, 5) is 28.4. The molecule has 1 N–H and O–H groups in total. The number of hydrogen-bond acceptors (Lipinski definition) is 3. The Bertz CT molecular complexity index is 853. The van der Waals surface area contributed by atoms with Crippen LogP contribution in [0.3, 0.4) is 0 Å². The minimum Gasteiger partial charge on any atom is -0.352 e. The van der Waals surface area contributed by atoms with Crippen LogP contribution in [-0.2, 0) is 6.42 Å². The molecule has 0 saturated carbocycles. The summed E-state index contributed by atoms with van der Waals surface area (Å²) < 4.78 is 1.50. The van der Waals surface area contributed by atoms with Crippen LogP contribution in [0.25, 0.3) is 10.9 Å². The van der Waals surface area contributed by atoms with Gasteiger partial charge in [0, 0.05) is 43.4 Å². The molecule has 0 spiro atoms. The lowest BCUT2D eigenvalue weighted by molar-refractivity contribution is 0.0941. The minimum absolute atomic E-state index is 0.117. The van der Waals surface area contributed by atoms with Crippen molar-refractivity contribution in [2.45, 2.75) is 13.3 Å². The first-order valence-electron chi connectivity index (χ1n) is 7.46. The number of benzene rings is 1. The number of carbonyl (C=O) groups excluding carboxylic acids is 2. The second-order valence-corrected chi connectivity index (χ2v) is 5.28. The zero-order valence-corrected chi connectivity index (χ0v) is 12.8. The summed E-state index contributed by atoms with van der Waals surface area (Å²) in [6, 6.07) is 13.1. The zero-order chi connectivity index (χ0) is 16.2. The highest BCUT2D eigenvalue weighted by Crippen LogP contribution is 2.21.